The van der Waals surface area contributed by atoms with Crippen LogP contribution < -0.4 is 5.32 Å². The number of alkyl halides is 3. The average Bonchev–Trinajstić information content (AvgIpc) is 3.59. The Morgan fingerprint density at radius 2 is 1.97 bits per heavy atom. The van der Waals surface area contributed by atoms with Gasteiger partial charge >= 0.3 is 6.18 Å². The first-order valence-corrected chi connectivity index (χ1v) is 12.0. The van der Waals surface area contributed by atoms with Gasteiger partial charge in [-0.25, -0.2) is 4.98 Å². The molecule has 6 nitrogen and oxygen atoms in total. The van der Waals surface area contributed by atoms with Crippen LogP contribution in [0.2, 0.25) is 0 Å². The zero-order valence-electron chi connectivity index (χ0n) is 20.1. The van der Waals surface area contributed by atoms with Gasteiger partial charge in [0.2, 0.25) is 0 Å². The zero-order valence-corrected chi connectivity index (χ0v) is 20.1. The normalized spacial score (nSPS) is 13.8. The lowest BCUT2D eigenvalue weighted by atomic mass is 9.99. The van der Waals surface area contributed by atoms with E-state index in [0.29, 0.717) is 36.5 Å². The number of halogens is 3. The molecule has 1 amide bonds. The highest BCUT2D eigenvalue weighted by Crippen LogP contribution is 2.42. The molecule has 1 aromatic carbocycles. The number of benzene rings is 1. The van der Waals surface area contributed by atoms with Crippen molar-refractivity contribution in [3.8, 4) is 11.3 Å². The molecule has 0 aliphatic heterocycles. The van der Waals surface area contributed by atoms with E-state index in [-0.39, 0.29) is 11.8 Å². The molecule has 0 radical (unpaired) electrons. The number of carbonyl (C=O) groups excluding carboxylic acids is 1. The first-order chi connectivity index (χ1) is 17.2. The smallest absolute Gasteiger partial charge is 0.352 e. The third-order valence-corrected chi connectivity index (χ3v) is 6.38. The summed E-state index contributed by atoms with van der Waals surface area (Å²) in [4.78, 5) is 22.2. The van der Waals surface area contributed by atoms with Crippen LogP contribution in [-0.2, 0) is 12.7 Å². The summed E-state index contributed by atoms with van der Waals surface area (Å²) in [5, 5.41) is 7.48. The lowest BCUT2D eigenvalue weighted by Gasteiger charge is -2.13. The van der Waals surface area contributed by atoms with Crippen molar-refractivity contribution in [2.24, 2.45) is 0 Å². The number of pyridine rings is 2. The largest absolute Gasteiger partial charge is 0.435 e. The minimum atomic E-state index is -4.46. The number of nitrogens with one attached hydrogen (secondary N) is 1. The molecule has 0 spiro atoms. The van der Waals surface area contributed by atoms with E-state index in [4.69, 9.17) is 4.98 Å². The summed E-state index contributed by atoms with van der Waals surface area (Å²) in [6.45, 7) is 4.55. The third-order valence-electron chi connectivity index (χ3n) is 6.38. The number of carbonyl (C=O) groups is 1. The van der Waals surface area contributed by atoms with Gasteiger partial charge in [-0.2, -0.15) is 18.3 Å². The van der Waals surface area contributed by atoms with Crippen LogP contribution in [0, 0.1) is 13.8 Å². The second-order valence-electron chi connectivity index (χ2n) is 9.33. The summed E-state index contributed by atoms with van der Waals surface area (Å²) in [5.74, 6) is -0.111. The number of nitrogens with zero attached hydrogens (tertiary/aromatic N) is 4. The number of fused-ring (bicyclic) bond motifs is 1. The van der Waals surface area contributed by atoms with Gasteiger partial charge in [0.25, 0.3) is 5.91 Å². The van der Waals surface area contributed by atoms with Crippen molar-refractivity contribution in [2.75, 3.05) is 6.54 Å². The number of rotatable bonds is 7. The van der Waals surface area contributed by atoms with Crippen LogP contribution in [0.4, 0.5) is 13.2 Å². The van der Waals surface area contributed by atoms with Crippen LogP contribution in [0.5, 0.6) is 0 Å². The van der Waals surface area contributed by atoms with Gasteiger partial charge in [-0.05, 0) is 69.0 Å². The van der Waals surface area contributed by atoms with Gasteiger partial charge in [-0.1, -0.05) is 11.6 Å². The lowest BCUT2D eigenvalue weighted by Crippen LogP contribution is -2.26. The molecule has 36 heavy (non-hydrogen) atoms. The molecule has 4 aromatic rings. The number of amides is 1. The molecule has 0 atom stereocenters. The topological polar surface area (TPSA) is 72.7 Å². The third kappa shape index (κ3) is 4.96. The van der Waals surface area contributed by atoms with Gasteiger partial charge in [-0.3, -0.25) is 14.5 Å². The van der Waals surface area contributed by atoms with E-state index in [1.54, 1.807) is 18.5 Å². The van der Waals surface area contributed by atoms with Crippen molar-refractivity contribution in [2.45, 2.75) is 51.7 Å². The second kappa shape index (κ2) is 9.37. The van der Waals surface area contributed by atoms with Crippen LogP contribution >= 0.6 is 0 Å². The van der Waals surface area contributed by atoms with Crippen LogP contribution in [0.3, 0.4) is 0 Å². The van der Waals surface area contributed by atoms with Gasteiger partial charge in [0.05, 0.1) is 16.8 Å². The number of aryl methyl sites for hydroxylation is 3. The fourth-order valence-corrected chi connectivity index (χ4v) is 4.51. The van der Waals surface area contributed by atoms with Crippen molar-refractivity contribution in [3.63, 3.8) is 0 Å². The molecular weight excluding hydrogens is 467 g/mol. The van der Waals surface area contributed by atoms with Crippen LogP contribution in [0.1, 0.15) is 58.1 Å². The summed E-state index contributed by atoms with van der Waals surface area (Å²) in [6, 6.07) is 10.6. The Balaban J connectivity index is 1.35. The minimum Gasteiger partial charge on any atom is -0.352 e. The first kappa shape index (κ1) is 24.0. The Labute approximate surface area is 206 Å². The molecule has 0 unspecified atom stereocenters. The highest BCUT2D eigenvalue weighted by Gasteiger charge is 2.37. The van der Waals surface area contributed by atoms with Gasteiger partial charge in [-0.15, -0.1) is 0 Å². The predicted octanol–water partition coefficient (Wildman–Crippen LogP) is 5.83. The van der Waals surface area contributed by atoms with E-state index >= 15 is 0 Å². The Bertz CT molecular complexity index is 1430. The second-order valence-corrected chi connectivity index (χ2v) is 9.33. The maximum Gasteiger partial charge on any atom is 0.435 e. The highest BCUT2D eigenvalue weighted by molar-refractivity contribution is 6.08. The van der Waals surface area contributed by atoms with E-state index in [9.17, 15) is 18.0 Å². The molecule has 186 valence electrons. The summed E-state index contributed by atoms with van der Waals surface area (Å²) in [6.07, 6.45) is 1.14. The zero-order chi connectivity index (χ0) is 25.4. The summed E-state index contributed by atoms with van der Waals surface area (Å²) >= 11 is 0. The van der Waals surface area contributed by atoms with Gasteiger partial charge in [0.15, 0.2) is 5.69 Å². The molecule has 1 aliphatic rings. The SMILES string of the molecule is Cc1cc(C)c2nc(-c3cccnc3)cc(C(=O)NCCCn3nc(C(F)(F)F)cc3C3CC3)c2c1. The van der Waals surface area contributed by atoms with E-state index in [0.717, 1.165) is 46.5 Å². The van der Waals surface area contributed by atoms with E-state index in [2.05, 4.69) is 15.4 Å². The molecule has 9 heteroatoms. The Morgan fingerprint density at radius 1 is 1.17 bits per heavy atom. The molecule has 5 rings (SSSR count). The highest BCUT2D eigenvalue weighted by atomic mass is 19.4. The molecule has 1 N–H and O–H groups in total. The van der Waals surface area contributed by atoms with E-state index in [1.165, 1.54) is 4.68 Å². The average molecular weight is 494 g/mol. The van der Waals surface area contributed by atoms with Crippen molar-refractivity contribution in [1.29, 1.82) is 0 Å². The molecule has 1 saturated carbocycles. The molecule has 1 aliphatic carbocycles. The summed E-state index contributed by atoms with van der Waals surface area (Å²) < 4.78 is 40.9. The quantitative estimate of drug-likeness (QED) is 0.329. The van der Waals surface area contributed by atoms with Gasteiger partial charge < -0.3 is 5.32 Å². The number of hydrogen-bond donors (Lipinski definition) is 1. The minimum absolute atomic E-state index is 0.142. The van der Waals surface area contributed by atoms with Crippen LogP contribution in [0.25, 0.3) is 22.2 Å². The molecular formula is C27H26F3N5O. The van der Waals surface area contributed by atoms with Crippen molar-refractivity contribution in [1.82, 2.24) is 25.1 Å². The monoisotopic (exact) mass is 493 g/mol. The molecule has 0 saturated heterocycles. The molecule has 1 fully saturated rings. The standard InChI is InChI=1S/C27H26F3N5O/c1-16-11-17(2)25-20(12-16)21(13-22(33-25)19-5-3-8-31-15-19)26(36)32-9-4-10-35-23(18-6-7-18)14-24(34-35)27(28,29)30/h3,5,8,11-15,18H,4,6-7,9-10H2,1-2H3,(H,32,36). The van der Waals surface area contributed by atoms with Gasteiger partial charge in [0, 0.05) is 48.0 Å². The Hall–Kier alpha value is -3.75. The van der Waals surface area contributed by atoms with Crippen molar-refractivity contribution >= 4 is 16.8 Å². The lowest BCUT2D eigenvalue weighted by molar-refractivity contribution is -0.141. The van der Waals surface area contributed by atoms with E-state index < -0.39 is 11.9 Å². The summed E-state index contributed by atoms with van der Waals surface area (Å²) in [5.41, 5.74) is 4.47. The molecule has 0 bridgehead atoms. The van der Waals surface area contributed by atoms with Crippen molar-refractivity contribution in [3.05, 3.63) is 76.9 Å². The van der Waals surface area contributed by atoms with Crippen molar-refractivity contribution < 1.29 is 18.0 Å². The summed E-state index contributed by atoms with van der Waals surface area (Å²) in [7, 11) is 0. The van der Waals surface area contributed by atoms with E-state index in [1.807, 2.05) is 38.1 Å². The predicted molar refractivity (Wildman–Crippen MR) is 131 cm³/mol. The number of hydrogen-bond acceptors (Lipinski definition) is 4. The maximum atomic E-state index is 13.3. The fourth-order valence-electron chi connectivity index (χ4n) is 4.51. The Kier molecular flexibility index (Phi) is 6.24. The van der Waals surface area contributed by atoms with Crippen LogP contribution in [0.15, 0.2) is 48.8 Å². The van der Waals surface area contributed by atoms with Gasteiger partial charge in [0.1, 0.15) is 0 Å². The number of aromatic nitrogens is 4. The maximum absolute atomic E-state index is 13.3. The molecule has 3 heterocycles. The Morgan fingerprint density at radius 3 is 2.67 bits per heavy atom. The first-order valence-electron chi connectivity index (χ1n) is 12.0. The van der Waals surface area contributed by atoms with Crippen LogP contribution in [-0.4, -0.2) is 32.2 Å². The molecule has 3 aromatic heterocycles. The fraction of sp³-hybridized carbons (Fsp3) is 0.333.